The molecule has 0 bridgehead atoms. The first kappa shape index (κ1) is 19.7. The molecule has 0 atom stereocenters. The van der Waals surface area contributed by atoms with Crippen LogP contribution in [0.15, 0.2) is 48.5 Å². The third-order valence-electron chi connectivity index (χ3n) is 5.16. The van der Waals surface area contributed by atoms with E-state index < -0.39 is 10.0 Å². The normalized spacial score (nSPS) is 15.9. The van der Waals surface area contributed by atoms with Crippen LogP contribution >= 0.6 is 0 Å². The van der Waals surface area contributed by atoms with E-state index in [0.29, 0.717) is 11.7 Å². The molecular weight excluding hydrogens is 358 g/mol. The van der Waals surface area contributed by atoms with Crippen LogP contribution in [0.3, 0.4) is 0 Å². The molecule has 2 aromatic carbocycles. The lowest BCUT2D eigenvalue weighted by atomic mass is 10.1. The molecule has 0 unspecified atom stereocenters. The van der Waals surface area contributed by atoms with Gasteiger partial charge in [0.15, 0.2) is 0 Å². The van der Waals surface area contributed by atoms with Crippen molar-refractivity contribution in [3.05, 3.63) is 59.7 Å². The maximum atomic E-state index is 12.5. The summed E-state index contributed by atoms with van der Waals surface area (Å²) in [5.74, 6) is -0.0153. The zero-order chi connectivity index (χ0) is 19.4. The molecule has 2 aromatic rings. The molecule has 0 aromatic heterocycles. The Morgan fingerprint density at radius 1 is 0.963 bits per heavy atom. The minimum absolute atomic E-state index is 0.0153. The average Bonchev–Trinajstić information content (AvgIpc) is 2.64. The van der Waals surface area contributed by atoms with Crippen molar-refractivity contribution in [1.82, 2.24) is 4.90 Å². The Hall–Kier alpha value is -2.05. The topological polar surface area (TPSA) is 52.7 Å². The van der Waals surface area contributed by atoms with E-state index in [1.165, 1.54) is 0 Å². The Morgan fingerprint density at radius 3 is 2.19 bits per heavy atom. The molecule has 1 N–H and O–H groups in total. The van der Waals surface area contributed by atoms with Crippen molar-refractivity contribution in [3.8, 4) is 0 Å². The first-order valence-electron chi connectivity index (χ1n) is 9.48. The van der Waals surface area contributed by atoms with E-state index in [2.05, 4.69) is 28.4 Å². The SMILES string of the molecule is Cc1ccccc1CS(=O)(=O)Nc1ccc(N2CCN(C(C)C)CC2)cc1. The fourth-order valence-corrected chi connectivity index (χ4v) is 4.73. The molecule has 1 aliphatic rings. The summed E-state index contributed by atoms with van der Waals surface area (Å²) in [6, 6.07) is 15.8. The highest BCUT2D eigenvalue weighted by Crippen LogP contribution is 2.21. The number of sulfonamides is 1. The van der Waals surface area contributed by atoms with Crippen molar-refractivity contribution >= 4 is 21.4 Å². The lowest BCUT2D eigenvalue weighted by Crippen LogP contribution is -2.48. The van der Waals surface area contributed by atoms with Crippen LogP contribution in [0.1, 0.15) is 25.0 Å². The van der Waals surface area contributed by atoms with E-state index in [0.717, 1.165) is 43.0 Å². The summed E-state index contributed by atoms with van der Waals surface area (Å²) in [7, 11) is -3.43. The molecule has 1 aliphatic heterocycles. The van der Waals surface area contributed by atoms with E-state index in [1.807, 2.05) is 55.5 Å². The van der Waals surface area contributed by atoms with Gasteiger partial charge < -0.3 is 4.90 Å². The molecule has 0 radical (unpaired) electrons. The van der Waals surface area contributed by atoms with Gasteiger partial charge in [0.05, 0.1) is 5.75 Å². The second-order valence-corrected chi connectivity index (χ2v) is 9.17. The van der Waals surface area contributed by atoms with Gasteiger partial charge in [0.25, 0.3) is 0 Å². The van der Waals surface area contributed by atoms with Crippen molar-refractivity contribution in [2.24, 2.45) is 0 Å². The summed E-state index contributed by atoms with van der Waals surface area (Å²) < 4.78 is 27.7. The van der Waals surface area contributed by atoms with Crippen molar-refractivity contribution in [3.63, 3.8) is 0 Å². The number of hydrogen-bond acceptors (Lipinski definition) is 4. The number of nitrogens with one attached hydrogen (secondary N) is 1. The van der Waals surface area contributed by atoms with E-state index in [9.17, 15) is 8.42 Å². The molecule has 1 saturated heterocycles. The van der Waals surface area contributed by atoms with Crippen LogP contribution in [0.25, 0.3) is 0 Å². The van der Waals surface area contributed by atoms with Gasteiger partial charge in [0.2, 0.25) is 10.0 Å². The highest BCUT2D eigenvalue weighted by atomic mass is 32.2. The van der Waals surface area contributed by atoms with Crippen LogP contribution in [0.2, 0.25) is 0 Å². The molecule has 146 valence electrons. The number of hydrogen-bond donors (Lipinski definition) is 1. The highest BCUT2D eigenvalue weighted by Gasteiger charge is 2.19. The number of anilines is 2. The Kier molecular flexibility index (Phi) is 6.07. The quantitative estimate of drug-likeness (QED) is 0.825. The average molecular weight is 388 g/mol. The first-order valence-corrected chi connectivity index (χ1v) is 11.1. The Labute approximate surface area is 163 Å². The lowest BCUT2D eigenvalue weighted by molar-refractivity contribution is 0.209. The van der Waals surface area contributed by atoms with E-state index in [-0.39, 0.29) is 5.75 Å². The number of piperazine rings is 1. The number of nitrogens with zero attached hydrogens (tertiary/aromatic N) is 2. The predicted molar refractivity (Wildman–Crippen MR) is 113 cm³/mol. The highest BCUT2D eigenvalue weighted by molar-refractivity contribution is 7.91. The van der Waals surface area contributed by atoms with Crippen LogP contribution in [0, 0.1) is 6.92 Å². The molecule has 0 aliphatic carbocycles. The van der Waals surface area contributed by atoms with Crippen molar-refractivity contribution in [1.29, 1.82) is 0 Å². The molecule has 0 spiro atoms. The van der Waals surface area contributed by atoms with Crippen molar-refractivity contribution < 1.29 is 8.42 Å². The van der Waals surface area contributed by atoms with Gasteiger partial charge in [0, 0.05) is 43.6 Å². The van der Waals surface area contributed by atoms with Crippen LogP contribution in [0.5, 0.6) is 0 Å². The van der Waals surface area contributed by atoms with Gasteiger partial charge in [-0.05, 0) is 56.2 Å². The molecular formula is C21H29N3O2S. The van der Waals surface area contributed by atoms with Crippen molar-refractivity contribution in [2.45, 2.75) is 32.6 Å². The Morgan fingerprint density at radius 2 is 1.59 bits per heavy atom. The number of aryl methyl sites for hydroxylation is 1. The molecule has 6 heteroatoms. The standard InChI is InChI=1S/C21H29N3O2S/c1-17(2)23-12-14-24(15-13-23)21-10-8-20(9-11-21)22-27(25,26)16-19-7-5-4-6-18(19)3/h4-11,17,22H,12-16H2,1-3H3. The van der Waals surface area contributed by atoms with Gasteiger partial charge in [-0.15, -0.1) is 0 Å². The first-order chi connectivity index (χ1) is 12.8. The maximum absolute atomic E-state index is 12.5. The Balaban J connectivity index is 1.61. The van der Waals surface area contributed by atoms with Gasteiger partial charge >= 0.3 is 0 Å². The number of rotatable bonds is 6. The minimum atomic E-state index is -3.43. The van der Waals surface area contributed by atoms with E-state index >= 15 is 0 Å². The third kappa shape index (κ3) is 5.23. The second kappa shape index (κ2) is 8.31. The summed E-state index contributed by atoms with van der Waals surface area (Å²) >= 11 is 0. The lowest BCUT2D eigenvalue weighted by Gasteiger charge is -2.38. The van der Waals surface area contributed by atoms with Crippen LogP contribution in [0.4, 0.5) is 11.4 Å². The van der Waals surface area contributed by atoms with Gasteiger partial charge in [-0.1, -0.05) is 24.3 Å². The molecule has 0 amide bonds. The number of benzene rings is 2. The Bertz CT molecular complexity index is 855. The molecule has 27 heavy (non-hydrogen) atoms. The fraction of sp³-hybridized carbons (Fsp3) is 0.429. The van der Waals surface area contributed by atoms with Crippen LogP contribution in [-0.4, -0.2) is 45.5 Å². The monoisotopic (exact) mass is 387 g/mol. The van der Waals surface area contributed by atoms with Gasteiger partial charge in [0.1, 0.15) is 0 Å². The summed E-state index contributed by atoms with van der Waals surface area (Å²) in [5.41, 5.74) is 3.55. The largest absolute Gasteiger partial charge is 0.369 e. The zero-order valence-electron chi connectivity index (χ0n) is 16.4. The smallest absolute Gasteiger partial charge is 0.236 e. The predicted octanol–water partition coefficient (Wildman–Crippen LogP) is 3.47. The van der Waals surface area contributed by atoms with Gasteiger partial charge in [-0.2, -0.15) is 0 Å². The molecule has 5 nitrogen and oxygen atoms in total. The third-order valence-corrected chi connectivity index (χ3v) is 6.39. The minimum Gasteiger partial charge on any atom is -0.369 e. The van der Waals surface area contributed by atoms with E-state index in [4.69, 9.17) is 0 Å². The summed E-state index contributed by atoms with van der Waals surface area (Å²) in [4.78, 5) is 4.83. The molecule has 0 saturated carbocycles. The van der Waals surface area contributed by atoms with E-state index in [1.54, 1.807) is 0 Å². The van der Waals surface area contributed by atoms with Gasteiger partial charge in [-0.25, -0.2) is 8.42 Å². The van der Waals surface area contributed by atoms with Crippen LogP contribution < -0.4 is 9.62 Å². The fourth-order valence-electron chi connectivity index (χ4n) is 3.43. The summed E-state index contributed by atoms with van der Waals surface area (Å²) in [6.07, 6.45) is 0. The van der Waals surface area contributed by atoms with Crippen molar-refractivity contribution in [2.75, 3.05) is 35.8 Å². The molecule has 3 rings (SSSR count). The molecule has 1 fully saturated rings. The summed E-state index contributed by atoms with van der Waals surface area (Å²) in [6.45, 7) is 10.5. The van der Waals surface area contributed by atoms with Crippen LogP contribution in [-0.2, 0) is 15.8 Å². The van der Waals surface area contributed by atoms with Gasteiger partial charge in [-0.3, -0.25) is 9.62 Å². The second-order valence-electron chi connectivity index (χ2n) is 7.45. The maximum Gasteiger partial charge on any atom is 0.236 e. The summed E-state index contributed by atoms with van der Waals surface area (Å²) in [5, 5.41) is 0. The zero-order valence-corrected chi connectivity index (χ0v) is 17.2. The molecule has 1 heterocycles.